The monoisotopic (exact) mass is 389 g/mol. The Morgan fingerprint density at radius 3 is 2.61 bits per heavy atom. The maximum atomic E-state index is 13.3. The molecule has 3 heterocycles. The number of rotatable bonds is 4. The van der Waals surface area contributed by atoms with Crippen LogP contribution in [0.1, 0.15) is 34.6 Å². The van der Waals surface area contributed by atoms with Gasteiger partial charge < -0.3 is 5.32 Å². The molecule has 1 aliphatic carbocycles. The summed E-state index contributed by atoms with van der Waals surface area (Å²) in [7, 11) is 0. The number of halogens is 3. The van der Waals surface area contributed by atoms with Crippen molar-refractivity contribution >= 4 is 11.6 Å². The number of amides is 1. The third-order valence-corrected chi connectivity index (χ3v) is 4.78. The third kappa shape index (κ3) is 3.44. The van der Waals surface area contributed by atoms with E-state index >= 15 is 0 Å². The minimum atomic E-state index is -4.49. The normalized spacial score (nSPS) is 15.6. The highest BCUT2D eigenvalue weighted by atomic mass is 19.4. The Bertz CT molecular complexity index is 1060. The van der Waals surface area contributed by atoms with Crippen molar-refractivity contribution in [1.29, 1.82) is 0 Å². The summed E-state index contributed by atoms with van der Waals surface area (Å²) in [5.41, 5.74) is 2.85. The zero-order valence-electron chi connectivity index (χ0n) is 15.3. The van der Waals surface area contributed by atoms with Crippen LogP contribution in [0.3, 0.4) is 0 Å². The van der Waals surface area contributed by atoms with Crippen LogP contribution in [0, 0.1) is 19.8 Å². The molecule has 6 nitrogen and oxygen atoms in total. The topological polar surface area (TPSA) is 72.2 Å². The van der Waals surface area contributed by atoms with Crippen molar-refractivity contribution < 1.29 is 18.0 Å². The van der Waals surface area contributed by atoms with Crippen molar-refractivity contribution in [3.8, 4) is 11.4 Å². The molecule has 0 spiro atoms. The van der Waals surface area contributed by atoms with Crippen LogP contribution in [0.2, 0.25) is 0 Å². The van der Waals surface area contributed by atoms with Crippen molar-refractivity contribution in [2.75, 3.05) is 0 Å². The molecule has 1 fully saturated rings. The van der Waals surface area contributed by atoms with Gasteiger partial charge in [0.05, 0.1) is 17.6 Å². The Kier molecular flexibility index (Phi) is 4.32. The molecule has 3 aromatic rings. The lowest BCUT2D eigenvalue weighted by molar-refractivity contribution is -0.158. The number of nitrogens with one attached hydrogen (secondary N) is 1. The van der Waals surface area contributed by atoms with E-state index in [0.29, 0.717) is 29.9 Å². The van der Waals surface area contributed by atoms with E-state index < -0.39 is 24.0 Å². The van der Waals surface area contributed by atoms with Crippen LogP contribution in [0.4, 0.5) is 13.2 Å². The van der Waals surface area contributed by atoms with Crippen LogP contribution in [0.5, 0.6) is 0 Å². The molecule has 0 bridgehead atoms. The third-order valence-electron chi connectivity index (χ3n) is 4.78. The summed E-state index contributed by atoms with van der Waals surface area (Å²) < 4.78 is 41.2. The smallest absolute Gasteiger partial charge is 0.340 e. The van der Waals surface area contributed by atoms with Crippen molar-refractivity contribution in [2.24, 2.45) is 5.92 Å². The number of hydrogen-bond acceptors (Lipinski definition) is 4. The van der Waals surface area contributed by atoms with Crippen molar-refractivity contribution in [1.82, 2.24) is 24.9 Å². The van der Waals surface area contributed by atoms with E-state index in [2.05, 4.69) is 20.4 Å². The molecule has 28 heavy (non-hydrogen) atoms. The number of aromatic nitrogens is 4. The minimum Gasteiger partial charge on any atom is -0.340 e. The molecular weight excluding hydrogens is 371 g/mol. The van der Waals surface area contributed by atoms with Gasteiger partial charge in [-0.15, -0.1) is 0 Å². The fourth-order valence-electron chi connectivity index (χ4n) is 3.21. The first-order chi connectivity index (χ1) is 13.2. The fraction of sp³-hybridized carbons (Fsp3) is 0.368. The second-order valence-corrected chi connectivity index (χ2v) is 7.07. The predicted octanol–water partition coefficient (Wildman–Crippen LogP) is 3.48. The van der Waals surface area contributed by atoms with E-state index in [1.54, 1.807) is 19.1 Å². The SMILES string of the molecule is Cc1cccc(-c2cc(C)n3ncc(C(=O)NC(C4CC4)C(F)(F)F)c3n2)n1. The number of alkyl halides is 3. The van der Waals surface area contributed by atoms with Gasteiger partial charge in [-0.1, -0.05) is 6.07 Å². The molecular formula is C19H18F3N5O. The quantitative estimate of drug-likeness (QED) is 0.742. The lowest BCUT2D eigenvalue weighted by Crippen LogP contribution is -2.46. The Labute approximate surface area is 158 Å². The average Bonchev–Trinajstić information content (AvgIpc) is 3.36. The maximum Gasteiger partial charge on any atom is 0.408 e. The van der Waals surface area contributed by atoms with E-state index in [1.807, 2.05) is 19.1 Å². The molecule has 0 saturated heterocycles. The van der Waals surface area contributed by atoms with Gasteiger partial charge >= 0.3 is 6.18 Å². The average molecular weight is 389 g/mol. The van der Waals surface area contributed by atoms with Gasteiger partial charge in [-0.25, -0.2) is 9.50 Å². The molecule has 1 aliphatic rings. The van der Waals surface area contributed by atoms with Crippen LogP contribution in [0.15, 0.2) is 30.5 Å². The standard InChI is InChI=1S/C19H18F3N5O/c1-10-4-3-5-14(24-10)15-8-11(2)27-17(25-15)13(9-23-27)18(28)26-16(12-6-7-12)19(20,21)22/h3-5,8-9,12,16H,6-7H2,1-2H3,(H,26,28). The number of hydrogen-bond donors (Lipinski definition) is 1. The summed E-state index contributed by atoms with van der Waals surface area (Å²) in [4.78, 5) is 21.5. The van der Waals surface area contributed by atoms with Crippen molar-refractivity contribution in [3.63, 3.8) is 0 Å². The number of nitrogens with zero attached hydrogens (tertiary/aromatic N) is 4. The number of carbonyl (C=O) groups is 1. The largest absolute Gasteiger partial charge is 0.408 e. The fourth-order valence-corrected chi connectivity index (χ4v) is 3.21. The molecule has 1 unspecified atom stereocenters. The predicted molar refractivity (Wildman–Crippen MR) is 95.7 cm³/mol. The molecule has 4 rings (SSSR count). The zero-order chi connectivity index (χ0) is 20.1. The van der Waals surface area contributed by atoms with Crippen molar-refractivity contribution in [3.05, 3.63) is 47.4 Å². The Hall–Kier alpha value is -2.97. The number of pyridine rings is 1. The molecule has 0 aliphatic heterocycles. The summed E-state index contributed by atoms with van der Waals surface area (Å²) in [6, 6.07) is 5.40. The van der Waals surface area contributed by atoms with Gasteiger partial charge in [-0.2, -0.15) is 18.3 Å². The van der Waals surface area contributed by atoms with Gasteiger partial charge in [0.15, 0.2) is 5.65 Å². The molecule has 1 saturated carbocycles. The van der Waals surface area contributed by atoms with Gasteiger partial charge in [0.2, 0.25) is 0 Å². The summed E-state index contributed by atoms with van der Waals surface area (Å²) in [5.74, 6) is -1.39. The highest BCUT2D eigenvalue weighted by Gasteiger charge is 2.49. The van der Waals surface area contributed by atoms with Gasteiger partial charge in [0.1, 0.15) is 11.6 Å². The summed E-state index contributed by atoms with van der Waals surface area (Å²) in [6.45, 7) is 3.63. The van der Waals surface area contributed by atoms with E-state index in [1.165, 1.54) is 10.7 Å². The van der Waals surface area contributed by atoms with E-state index in [9.17, 15) is 18.0 Å². The molecule has 3 aromatic heterocycles. The lowest BCUT2D eigenvalue weighted by Gasteiger charge is -2.20. The van der Waals surface area contributed by atoms with Gasteiger partial charge in [-0.05, 0) is 50.8 Å². The molecule has 1 amide bonds. The van der Waals surface area contributed by atoms with Crippen LogP contribution < -0.4 is 5.32 Å². The second-order valence-electron chi connectivity index (χ2n) is 7.07. The van der Waals surface area contributed by atoms with Gasteiger partial charge in [0, 0.05) is 11.4 Å². The van der Waals surface area contributed by atoms with Crippen molar-refractivity contribution in [2.45, 2.75) is 38.9 Å². The molecule has 0 aromatic carbocycles. The Balaban J connectivity index is 1.72. The van der Waals surface area contributed by atoms with Gasteiger partial charge in [0.25, 0.3) is 5.91 Å². The number of aryl methyl sites for hydroxylation is 2. The zero-order valence-corrected chi connectivity index (χ0v) is 15.3. The van der Waals surface area contributed by atoms with E-state index in [-0.39, 0.29) is 11.2 Å². The Morgan fingerprint density at radius 2 is 1.96 bits per heavy atom. The summed E-state index contributed by atoms with van der Waals surface area (Å²) in [6.07, 6.45) is -2.32. The highest BCUT2D eigenvalue weighted by Crippen LogP contribution is 2.40. The maximum absolute atomic E-state index is 13.3. The first-order valence-electron chi connectivity index (χ1n) is 8.91. The highest BCUT2D eigenvalue weighted by molar-refractivity contribution is 6.00. The van der Waals surface area contributed by atoms with Crippen LogP contribution in [-0.2, 0) is 0 Å². The molecule has 1 N–H and O–H groups in total. The molecule has 146 valence electrons. The van der Waals surface area contributed by atoms with Crippen LogP contribution >= 0.6 is 0 Å². The number of carbonyl (C=O) groups excluding carboxylic acids is 1. The van der Waals surface area contributed by atoms with Crippen LogP contribution in [0.25, 0.3) is 17.0 Å². The number of fused-ring (bicyclic) bond motifs is 1. The van der Waals surface area contributed by atoms with Crippen LogP contribution in [-0.4, -0.2) is 37.7 Å². The minimum absolute atomic E-state index is 0.00695. The lowest BCUT2D eigenvalue weighted by atomic mass is 10.1. The van der Waals surface area contributed by atoms with E-state index in [0.717, 1.165) is 5.69 Å². The molecule has 1 atom stereocenters. The first kappa shape index (κ1) is 18.4. The second kappa shape index (κ2) is 6.57. The summed E-state index contributed by atoms with van der Waals surface area (Å²) in [5, 5.41) is 6.24. The Morgan fingerprint density at radius 1 is 1.21 bits per heavy atom. The summed E-state index contributed by atoms with van der Waals surface area (Å²) >= 11 is 0. The first-order valence-corrected chi connectivity index (χ1v) is 8.91. The van der Waals surface area contributed by atoms with Gasteiger partial charge in [-0.3, -0.25) is 9.78 Å². The van der Waals surface area contributed by atoms with E-state index in [4.69, 9.17) is 0 Å². The molecule has 9 heteroatoms. The molecule has 0 radical (unpaired) electrons.